The van der Waals surface area contributed by atoms with Crippen LogP contribution in [0.5, 0.6) is 0 Å². The zero-order valence-electron chi connectivity index (χ0n) is 8.89. The molecule has 5 heteroatoms. The molecular formula is C11H12F2N2O. The van der Waals surface area contributed by atoms with Crippen LogP contribution < -0.4 is 5.56 Å². The molecule has 0 radical (unpaired) electrons. The van der Waals surface area contributed by atoms with E-state index in [0.717, 1.165) is 6.92 Å². The van der Waals surface area contributed by atoms with E-state index in [0.29, 0.717) is 25.0 Å². The first-order valence-electron chi connectivity index (χ1n) is 5.30. The highest BCUT2D eigenvalue weighted by molar-refractivity contribution is 5.35. The van der Waals surface area contributed by atoms with E-state index in [-0.39, 0.29) is 11.0 Å². The molecule has 1 aromatic heterocycles. The maximum absolute atomic E-state index is 13.3. The summed E-state index contributed by atoms with van der Waals surface area (Å²) in [6.45, 7) is 0.987. The van der Waals surface area contributed by atoms with E-state index >= 15 is 0 Å². The van der Waals surface area contributed by atoms with Gasteiger partial charge in [-0.1, -0.05) is 0 Å². The third-order valence-corrected chi connectivity index (χ3v) is 4.18. The fraction of sp³-hybridized carbons (Fsp3) is 0.636. The van der Waals surface area contributed by atoms with Crippen LogP contribution in [0.25, 0.3) is 0 Å². The quantitative estimate of drug-likeness (QED) is 0.836. The molecule has 16 heavy (non-hydrogen) atoms. The molecule has 2 bridgehead atoms. The minimum absolute atomic E-state index is 0.216. The van der Waals surface area contributed by atoms with E-state index < -0.39 is 11.3 Å². The number of aromatic amines is 1. The molecular weight excluding hydrogens is 214 g/mol. The fourth-order valence-electron chi connectivity index (χ4n) is 3.18. The summed E-state index contributed by atoms with van der Waals surface area (Å²) in [4.78, 5) is 17.6. The summed E-state index contributed by atoms with van der Waals surface area (Å²) in [5, 5.41) is 0. The maximum Gasteiger partial charge on any atom is 0.251 e. The highest BCUT2D eigenvalue weighted by Gasteiger charge is 2.76. The van der Waals surface area contributed by atoms with E-state index in [2.05, 4.69) is 9.97 Å². The summed E-state index contributed by atoms with van der Waals surface area (Å²) < 4.78 is 26.5. The Bertz CT molecular complexity index is 483. The van der Waals surface area contributed by atoms with Gasteiger partial charge in [0.25, 0.3) is 11.5 Å². The Hall–Kier alpha value is -1.26. The molecule has 4 rings (SSSR count). The lowest BCUT2D eigenvalue weighted by atomic mass is 9.32. The molecule has 0 unspecified atom stereocenters. The van der Waals surface area contributed by atoms with Crippen molar-refractivity contribution in [3.63, 3.8) is 0 Å². The summed E-state index contributed by atoms with van der Waals surface area (Å²) in [6.07, 6.45) is 2.72. The van der Waals surface area contributed by atoms with Gasteiger partial charge in [-0.05, 0) is 26.2 Å². The lowest BCUT2D eigenvalue weighted by molar-refractivity contribution is -0.273. The average molecular weight is 226 g/mol. The van der Waals surface area contributed by atoms with Crippen LogP contribution in [0, 0.1) is 5.41 Å². The van der Waals surface area contributed by atoms with Crippen molar-refractivity contribution in [1.29, 1.82) is 0 Å². The van der Waals surface area contributed by atoms with Gasteiger partial charge in [-0.25, -0.2) is 13.8 Å². The van der Waals surface area contributed by atoms with Crippen LogP contribution in [0.3, 0.4) is 0 Å². The van der Waals surface area contributed by atoms with Crippen LogP contribution in [0.1, 0.15) is 31.9 Å². The van der Waals surface area contributed by atoms with Gasteiger partial charge in [0.2, 0.25) is 0 Å². The maximum atomic E-state index is 13.3. The zero-order valence-corrected chi connectivity index (χ0v) is 8.89. The molecule has 3 aliphatic carbocycles. The Morgan fingerprint density at radius 1 is 1.44 bits per heavy atom. The Balaban J connectivity index is 1.87. The van der Waals surface area contributed by atoms with E-state index in [4.69, 9.17) is 0 Å². The Morgan fingerprint density at radius 2 is 2.06 bits per heavy atom. The van der Waals surface area contributed by atoms with Gasteiger partial charge in [0.05, 0.1) is 12.0 Å². The van der Waals surface area contributed by atoms with Crippen molar-refractivity contribution in [3.8, 4) is 0 Å². The molecule has 3 aliphatic rings. The molecule has 3 nitrogen and oxygen atoms in total. The summed E-state index contributed by atoms with van der Waals surface area (Å²) in [7, 11) is 0. The van der Waals surface area contributed by atoms with Gasteiger partial charge in [-0.3, -0.25) is 4.79 Å². The minimum Gasteiger partial charge on any atom is -0.313 e. The van der Waals surface area contributed by atoms with Crippen LogP contribution in [0.2, 0.25) is 0 Å². The van der Waals surface area contributed by atoms with Crippen molar-refractivity contribution in [2.75, 3.05) is 0 Å². The molecule has 0 saturated heterocycles. The van der Waals surface area contributed by atoms with E-state index in [1.807, 2.05) is 0 Å². The minimum atomic E-state index is -2.62. The first-order chi connectivity index (χ1) is 7.37. The lowest BCUT2D eigenvalue weighted by Crippen LogP contribution is -2.71. The molecule has 3 saturated carbocycles. The molecule has 3 fully saturated rings. The van der Waals surface area contributed by atoms with Gasteiger partial charge in [0, 0.05) is 16.9 Å². The number of nitrogens with one attached hydrogen (secondary N) is 1. The lowest BCUT2D eigenvalue weighted by Gasteiger charge is -2.71. The van der Waals surface area contributed by atoms with Gasteiger partial charge in [-0.15, -0.1) is 0 Å². The number of nitrogens with zero attached hydrogens (tertiary/aromatic N) is 1. The second-order valence-electron chi connectivity index (χ2n) is 5.28. The normalized spacial score (nSPS) is 36.4. The number of halogens is 2. The number of aromatic nitrogens is 2. The molecule has 0 spiro atoms. The van der Waals surface area contributed by atoms with E-state index in [9.17, 15) is 13.6 Å². The first-order valence-corrected chi connectivity index (χ1v) is 5.30. The first kappa shape index (κ1) is 9.93. The topological polar surface area (TPSA) is 45.8 Å². The number of H-pyrrole nitrogens is 1. The van der Waals surface area contributed by atoms with Crippen LogP contribution in [0.4, 0.5) is 8.78 Å². The highest BCUT2D eigenvalue weighted by atomic mass is 19.3. The van der Waals surface area contributed by atoms with Crippen LogP contribution in [-0.4, -0.2) is 15.9 Å². The van der Waals surface area contributed by atoms with E-state index in [1.54, 1.807) is 0 Å². The monoisotopic (exact) mass is 226 g/mol. The molecule has 1 N–H and O–H groups in total. The number of rotatable bonds is 2. The fourth-order valence-corrected chi connectivity index (χ4v) is 3.18. The summed E-state index contributed by atoms with van der Waals surface area (Å²) in [5.74, 6) is -2.62. The predicted octanol–water partition coefficient (Wildman–Crippen LogP) is 1.85. The zero-order chi connectivity index (χ0) is 11.6. The number of hydrogen-bond acceptors (Lipinski definition) is 2. The highest BCUT2D eigenvalue weighted by Crippen LogP contribution is 2.77. The van der Waals surface area contributed by atoms with Crippen LogP contribution in [0.15, 0.2) is 17.2 Å². The molecule has 0 aliphatic heterocycles. The number of hydrogen-bond donors (Lipinski definition) is 1. The van der Waals surface area contributed by atoms with Crippen LogP contribution >= 0.6 is 0 Å². The van der Waals surface area contributed by atoms with Gasteiger partial charge >= 0.3 is 0 Å². The van der Waals surface area contributed by atoms with Crippen molar-refractivity contribution in [3.05, 3.63) is 28.4 Å². The second kappa shape index (κ2) is 2.52. The predicted molar refractivity (Wildman–Crippen MR) is 53.4 cm³/mol. The third-order valence-electron chi connectivity index (χ3n) is 4.18. The average Bonchev–Trinajstić information content (AvgIpc) is 1.95. The second-order valence-corrected chi connectivity index (χ2v) is 5.28. The Morgan fingerprint density at radius 3 is 2.56 bits per heavy atom. The van der Waals surface area contributed by atoms with Crippen molar-refractivity contribution in [2.24, 2.45) is 5.41 Å². The molecule has 1 heterocycles. The summed E-state index contributed by atoms with van der Waals surface area (Å²) >= 11 is 0. The smallest absolute Gasteiger partial charge is 0.251 e. The molecule has 0 amide bonds. The molecule has 86 valence electrons. The Kier molecular flexibility index (Phi) is 1.56. The van der Waals surface area contributed by atoms with Crippen molar-refractivity contribution < 1.29 is 8.78 Å². The standard InChI is InChI=1S/C11H12F2N2O/c1-9(12,13)11-3-10(4-11,5-11)7-2-8(16)15-6-14-7/h2,6H,3-5H2,1H3,(H,14,15,16). The summed E-state index contributed by atoms with van der Waals surface area (Å²) in [5.41, 5.74) is -0.611. The van der Waals surface area contributed by atoms with Crippen molar-refractivity contribution in [1.82, 2.24) is 9.97 Å². The third kappa shape index (κ3) is 1.01. The largest absolute Gasteiger partial charge is 0.313 e. The molecule has 1 aromatic rings. The van der Waals surface area contributed by atoms with Gasteiger partial charge < -0.3 is 4.98 Å². The van der Waals surface area contributed by atoms with E-state index in [1.165, 1.54) is 12.4 Å². The van der Waals surface area contributed by atoms with Crippen LogP contribution in [-0.2, 0) is 5.41 Å². The Labute approximate surface area is 90.9 Å². The van der Waals surface area contributed by atoms with Gasteiger partial charge in [0.1, 0.15) is 0 Å². The SMILES string of the molecule is CC(F)(F)C12CC(c3cc(=O)[nH]cn3)(C1)C2. The molecule has 0 aromatic carbocycles. The van der Waals surface area contributed by atoms with Crippen molar-refractivity contribution >= 4 is 0 Å². The molecule has 0 atom stereocenters. The number of alkyl halides is 2. The van der Waals surface area contributed by atoms with Crippen molar-refractivity contribution in [2.45, 2.75) is 37.5 Å². The van der Waals surface area contributed by atoms with Gasteiger partial charge in [-0.2, -0.15) is 0 Å². The summed E-state index contributed by atoms with van der Waals surface area (Å²) in [6, 6.07) is 1.43. The van der Waals surface area contributed by atoms with Gasteiger partial charge in [0.15, 0.2) is 0 Å².